The number of aliphatic imine (C=N–C) groups is 1. The lowest BCUT2D eigenvalue weighted by Crippen LogP contribution is -2.40. The van der Waals surface area contributed by atoms with Gasteiger partial charge >= 0.3 is 6.61 Å². The predicted octanol–water partition coefficient (Wildman–Crippen LogP) is 2.41. The van der Waals surface area contributed by atoms with Crippen molar-refractivity contribution in [1.82, 2.24) is 15.5 Å². The molecule has 0 spiro atoms. The number of ether oxygens (including phenoxy) is 3. The van der Waals surface area contributed by atoms with E-state index < -0.39 is 6.61 Å². The molecule has 28 heavy (non-hydrogen) atoms. The van der Waals surface area contributed by atoms with Crippen molar-refractivity contribution in [2.24, 2.45) is 10.9 Å². The van der Waals surface area contributed by atoms with Gasteiger partial charge in [-0.05, 0) is 37.9 Å². The van der Waals surface area contributed by atoms with Crippen molar-refractivity contribution in [1.29, 1.82) is 0 Å². The van der Waals surface area contributed by atoms with Gasteiger partial charge in [-0.2, -0.15) is 8.78 Å². The molecule has 2 aliphatic heterocycles. The SMILES string of the molecule is CCCN1CCC(CNC(=NC)NCc2cc3c(cc2OC(F)F)OCO3)C1. The number of alkyl halides is 2. The largest absolute Gasteiger partial charge is 0.454 e. The van der Waals surface area contributed by atoms with Crippen LogP contribution in [0.3, 0.4) is 0 Å². The van der Waals surface area contributed by atoms with Crippen LogP contribution in [0.1, 0.15) is 25.3 Å². The van der Waals surface area contributed by atoms with Crippen molar-refractivity contribution in [3.63, 3.8) is 0 Å². The molecule has 0 bridgehead atoms. The lowest BCUT2D eigenvalue weighted by molar-refractivity contribution is -0.0505. The molecule has 1 aromatic rings. The molecule has 1 atom stereocenters. The number of benzene rings is 1. The summed E-state index contributed by atoms with van der Waals surface area (Å²) in [5, 5.41) is 6.48. The van der Waals surface area contributed by atoms with Crippen LogP contribution in [-0.4, -0.2) is 57.5 Å². The Bertz CT molecular complexity index is 687. The summed E-state index contributed by atoms with van der Waals surface area (Å²) in [5.41, 5.74) is 0.544. The minimum atomic E-state index is -2.91. The van der Waals surface area contributed by atoms with Crippen LogP contribution >= 0.6 is 0 Å². The average Bonchev–Trinajstić information content (AvgIpc) is 3.30. The summed E-state index contributed by atoms with van der Waals surface area (Å²) in [6, 6.07) is 3.09. The van der Waals surface area contributed by atoms with Crippen LogP contribution in [0, 0.1) is 5.92 Å². The lowest BCUT2D eigenvalue weighted by Gasteiger charge is -2.18. The molecule has 7 nitrogen and oxygen atoms in total. The Kier molecular flexibility index (Phi) is 7.13. The number of guanidine groups is 1. The van der Waals surface area contributed by atoms with Crippen LogP contribution in [-0.2, 0) is 6.54 Å². The highest BCUT2D eigenvalue weighted by Crippen LogP contribution is 2.38. The zero-order valence-electron chi connectivity index (χ0n) is 16.3. The molecule has 3 rings (SSSR count). The molecule has 0 aliphatic carbocycles. The quantitative estimate of drug-likeness (QED) is 0.518. The van der Waals surface area contributed by atoms with Crippen LogP contribution in [0.5, 0.6) is 17.2 Å². The van der Waals surface area contributed by atoms with Gasteiger partial charge in [0.05, 0.1) is 0 Å². The first-order valence-corrected chi connectivity index (χ1v) is 9.63. The van der Waals surface area contributed by atoms with Gasteiger partial charge < -0.3 is 29.7 Å². The molecule has 1 fully saturated rings. The number of fused-ring (bicyclic) bond motifs is 1. The Hall–Kier alpha value is -2.29. The van der Waals surface area contributed by atoms with Crippen LogP contribution in [0.2, 0.25) is 0 Å². The average molecular weight is 398 g/mol. The summed E-state index contributed by atoms with van der Waals surface area (Å²) in [6.07, 6.45) is 2.33. The number of hydrogen-bond acceptors (Lipinski definition) is 5. The van der Waals surface area contributed by atoms with Gasteiger partial charge in [0.2, 0.25) is 6.79 Å². The van der Waals surface area contributed by atoms with E-state index in [2.05, 4.69) is 32.2 Å². The predicted molar refractivity (Wildman–Crippen MR) is 102 cm³/mol. The Morgan fingerprint density at radius 3 is 2.82 bits per heavy atom. The second-order valence-electron chi connectivity index (χ2n) is 6.95. The van der Waals surface area contributed by atoms with Crippen molar-refractivity contribution in [3.05, 3.63) is 17.7 Å². The Morgan fingerprint density at radius 1 is 1.32 bits per heavy atom. The molecule has 0 saturated carbocycles. The van der Waals surface area contributed by atoms with Crippen LogP contribution in [0.25, 0.3) is 0 Å². The molecule has 1 saturated heterocycles. The number of hydrogen-bond donors (Lipinski definition) is 2. The van der Waals surface area contributed by atoms with E-state index in [1.807, 2.05) is 0 Å². The molecule has 1 aromatic carbocycles. The smallest absolute Gasteiger partial charge is 0.387 e. The van der Waals surface area contributed by atoms with Gasteiger partial charge in [-0.1, -0.05) is 6.92 Å². The van der Waals surface area contributed by atoms with Gasteiger partial charge in [0.1, 0.15) is 5.75 Å². The maximum Gasteiger partial charge on any atom is 0.387 e. The summed E-state index contributed by atoms with van der Waals surface area (Å²) < 4.78 is 40.7. The zero-order valence-corrected chi connectivity index (χ0v) is 16.3. The standard InChI is InChI=1S/C19H28F2N4O3/c1-3-5-25-6-4-13(11-25)9-23-19(22-2)24-10-14-7-16-17(27-12-26-16)8-15(14)28-18(20)21/h7-8,13,18H,3-6,9-12H2,1-2H3,(H2,22,23,24). The van der Waals surface area contributed by atoms with E-state index in [-0.39, 0.29) is 19.1 Å². The molecule has 0 radical (unpaired) electrons. The maximum absolute atomic E-state index is 12.7. The van der Waals surface area contributed by atoms with E-state index in [1.54, 1.807) is 13.1 Å². The first-order chi connectivity index (χ1) is 13.6. The minimum Gasteiger partial charge on any atom is -0.454 e. The van der Waals surface area contributed by atoms with Gasteiger partial charge in [0.15, 0.2) is 17.5 Å². The first kappa shape index (κ1) is 20.4. The number of rotatable bonds is 8. The van der Waals surface area contributed by atoms with Crippen LogP contribution in [0.4, 0.5) is 8.78 Å². The molecule has 0 amide bonds. The van der Waals surface area contributed by atoms with Crippen molar-refractivity contribution >= 4 is 5.96 Å². The second kappa shape index (κ2) is 9.77. The van der Waals surface area contributed by atoms with Gasteiger partial charge in [-0.3, -0.25) is 4.99 Å². The fraction of sp³-hybridized carbons (Fsp3) is 0.632. The molecule has 2 heterocycles. The Balaban J connectivity index is 1.55. The number of nitrogens with zero attached hydrogens (tertiary/aromatic N) is 2. The molecule has 156 valence electrons. The molecule has 2 N–H and O–H groups in total. The topological polar surface area (TPSA) is 67.4 Å². The minimum absolute atomic E-state index is 0.0632. The van der Waals surface area contributed by atoms with E-state index in [9.17, 15) is 8.78 Å². The van der Waals surface area contributed by atoms with E-state index in [4.69, 9.17) is 9.47 Å². The van der Waals surface area contributed by atoms with E-state index >= 15 is 0 Å². The Morgan fingerprint density at radius 2 is 2.11 bits per heavy atom. The molecular formula is C19H28F2N4O3. The van der Waals surface area contributed by atoms with E-state index in [1.165, 1.54) is 18.9 Å². The van der Waals surface area contributed by atoms with Crippen molar-refractivity contribution in [3.8, 4) is 17.2 Å². The monoisotopic (exact) mass is 398 g/mol. The Labute approximate surface area is 164 Å². The third-order valence-corrected chi connectivity index (χ3v) is 4.91. The van der Waals surface area contributed by atoms with Crippen LogP contribution in [0.15, 0.2) is 17.1 Å². The summed E-state index contributed by atoms with van der Waals surface area (Å²) in [6.45, 7) is 3.81. The van der Waals surface area contributed by atoms with Gasteiger partial charge in [0.25, 0.3) is 0 Å². The van der Waals surface area contributed by atoms with Crippen molar-refractivity contribution in [2.75, 3.05) is 40.0 Å². The highest BCUT2D eigenvalue weighted by molar-refractivity contribution is 5.79. The zero-order chi connectivity index (χ0) is 19.9. The highest BCUT2D eigenvalue weighted by Gasteiger charge is 2.22. The van der Waals surface area contributed by atoms with Gasteiger partial charge in [-0.15, -0.1) is 0 Å². The molecule has 1 unspecified atom stereocenters. The fourth-order valence-electron chi connectivity index (χ4n) is 3.55. The maximum atomic E-state index is 12.7. The molecule has 9 heteroatoms. The first-order valence-electron chi connectivity index (χ1n) is 9.63. The summed E-state index contributed by atoms with van der Waals surface area (Å²) in [5.74, 6) is 2.18. The number of halogens is 2. The second-order valence-corrected chi connectivity index (χ2v) is 6.95. The lowest BCUT2D eigenvalue weighted by atomic mass is 10.1. The third kappa shape index (κ3) is 5.37. The van der Waals surface area contributed by atoms with E-state index in [0.29, 0.717) is 28.9 Å². The molecule has 0 aromatic heterocycles. The summed E-state index contributed by atoms with van der Waals surface area (Å²) in [4.78, 5) is 6.69. The summed E-state index contributed by atoms with van der Waals surface area (Å²) >= 11 is 0. The van der Waals surface area contributed by atoms with Crippen molar-refractivity contribution < 1.29 is 23.0 Å². The molecular weight excluding hydrogens is 370 g/mol. The normalized spacial score (nSPS) is 19.3. The number of likely N-dealkylation sites (tertiary alicyclic amines) is 1. The van der Waals surface area contributed by atoms with Crippen molar-refractivity contribution in [2.45, 2.75) is 32.9 Å². The summed E-state index contributed by atoms with van der Waals surface area (Å²) in [7, 11) is 1.68. The fourth-order valence-corrected chi connectivity index (χ4v) is 3.55. The third-order valence-electron chi connectivity index (χ3n) is 4.91. The van der Waals surface area contributed by atoms with E-state index in [0.717, 1.165) is 26.2 Å². The van der Waals surface area contributed by atoms with Gasteiger partial charge in [-0.25, -0.2) is 0 Å². The van der Waals surface area contributed by atoms with Gasteiger partial charge in [0, 0.05) is 38.3 Å². The number of nitrogens with one attached hydrogen (secondary N) is 2. The van der Waals surface area contributed by atoms with Crippen LogP contribution < -0.4 is 24.8 Å². The molecule has 2 aliphatic rings. The highest BCUT2D eigenvalue weighted by atomic mass is 19.3.